The highest BCUT2D eigenvalue weighted by molar-refractivity contribution is 6.48. The van der Waals surface area contributed by atoms with Crippen LogP contribution >= 0.6 is 34.8 Å². The average molecular weight is 223 g/mol. The van der Waals surface area contributed by atoms with Crippen molar-refractivity contribution >= 4 is 34.8 Å². The molecule has 0 aliphatic carbocycles. The molecule has 1 unspecified atom stereocenters. The van der Waals surface area contributed by atoms with Crippen molar-refractivity contribution in [3.63, 3.8) is 0 Å². The second kappa shape index (κ2) is 3.08. The van der Waals surface area contributed by atoms with E-state index in [0.717, 1.165) is 12.2 Å². The molecule has 1 aromatic carbocycles. The Morgan fingerprint density at radius 1 is 1.17 bits per heavy atom. The molecule has 2 rings (SSSR count). The van der Waals surface area contributed by atoms with E-state index in [1.807, 2.05) is 6.07 Å². The molecule has 0 aromatic heterocycles. The van der Waals surface area contributed by atoms with Gasteiger partial charge in [-0.2, -0.15) is 0 Å². The van der Waals surface area contributed by atoms with Crippen LogP contribution in [0.1, 0.15) is 11.7 Å². The van der Waals surface area contributed by atoms with Crippen molar-refractivity contribution in [3.8, 4) is 0 Å². The highest BCUT2D eigenvalue weighted by atomic mass is 35.5. The van der Waals surface area contributed by atoms with Crippen molar-refractivity contribution in [2.45, 2.75) is 6.10 Å². The fraction of sp³-hybridized carbons (Fsp3) is 0.250. The second-order valence-electron chi connectivity index (χ2n) is 2.59. The summed E-state index contributed by atoms with van der Waals surface area (Å²) >= 11 is 17.5. The first-order valence-corrected chi connectivity index (χ1v) is 4.58. The average Bonchev–Trinajstić information content (AvgIpc) is 2.84. The summed E-state index contributed by atoms with van der Waals surface area (Å²) < 4.78 is 5.08. The lowest BCUT2D eigenvalue weighted by Crippen LogP contribution is -1.83. The summed E-state index contributed by atoms with van der Waals surface area (Å²) in [5, 5.41) is 1.39. The van der Waals surface area contributed by atoms with E-state index in [0.29, 0.717) is 15.1 Å². The molecule has 1 saturated heterocycles. The lowest BCUT2D eigenvalue weighted by Gasteiger charge is -2.03. The maximum atomic E-state index is 5.94. The van der Waals surface area contributed by atoms with Crippen molar-refractivity contribution < 1.29 is 4.74 Å². The Balaban J connectivity index is 2.49. The van der Waals surface area contributed by atoms with Gasteiger partial charge in [0.05, 0.1) is 21.7 Å². The smallest absolute Gasteiger partial charge is 0.107 e. The van der Waals surface area contributed by atoms with Gasteiger partial charge in [-0.05, 0) is 6.07 Å². The zero-order valence-electron chi connectivity index (χ0n) is 5.98. The molecule has 12 heavy (non-hydrogen) atoms. The predicted octanol–water partition coefficient (Wildman–Crippen LogP) is 3.72. The largest absolute Gasteiger partial charge is 0.368 e. The van der Waals surface area contributed by atoms with Gasteiger partial charge in [0.2, 0.25) is 0 Å². The maximum Gasteiger partial charge on any atom is 0.107 e. The van der Waals surface area contributed by atoms with Crippen LogP contribution in [0.2, 0.25) is 15.1 Å². The number of halogens is 3. The lowest BCUT2D eigenvalue weighted by molar-refractivity contribution is 0.416. The van der Waals surface area contributed by atoms with Crippen LogP contribution in [-0.2, 0) is 4.74 Å². The zero-order valence-corrected chi connectivity index (χ0v) is 8.25. The van der Waals surface area contributed by atoms with Gasteiger partial charge >= 0.3 is 0 Å². The first-order chi connectivity index (χ1) is 5.70. The summed E-state index contributed by atoms with van der Waals surface area (Å²) in [7, 11) is 0. The monoisotopic (exact) mass is 222 g/mol. The minimum atomic E-state index is 0.118. The van der Waals surface area contributed by atoms with Gasteiger partial charge in [-0.3, -0.25) is 0 Å². The molecule has 1 heterocycles. The summed E-state index contributed by atoms with van der Waals surface area (Å²) in [4.78, 5) is 0. The quantitative estimate of drug-likeness (QED) is 0.522. The molecular weight excluding hydrogens is 218 g/mol. The van der Waals surface area contributed by atoms with Gasteiger partial charge in [-0.15, -0.1) is 0 Å². The lowest BCUT2D eigenvalue weighted by atomic mass is 10.2. The van der Waals surface area contributed by atoms with Crippen molar-refractivity contribution in [2.75, 3.05) is 6.61 Å². The minimum absolute atomic E-state index is 0.118. The Bertz CT molecular complexity index is 320. The van der Waals surface area contributed by atoms with Gasteiger partial charge < -0.3 is 4.74 Å². The van der Waals surface area contributed by atoms with E-state index in [-0.39, 0.29) is 6.10 Å². The Morgan fingerprint density at radius 2 is 1.83 bits per heavy atom. The first-order valence-electron chi connectivity index (χ1n) is 3.45. The predicted molar refractivity (Wildman–Crippen MR) is 50.2 cm³/mol. The Hall–Kier alpha value is 0.0500. The third-order valence-corrected chi connectivity index (χ3v) is 3.05. The molecule has 0 bridgehead atoms. The van der Waals surface area contributed by atoms with Crippen LogP contribution in [-0.4, -0.2) is 6.61 Å². The van der Waals surface area contributed by atoms with E-state index in [2.05, 4.69) is 0 Å². The highest BCUT2D eigenvalue weighted by Crippen LogP contribution is 2.40. The SMILES string of the molecule is Clc1ccc(C2CO2)c(Cl)c1Cl. The summed E-state index contributed by atoms with van der Waals surface area (Å²) in [6.45, 7) is 0.720. The molecule has 1 aliphatic rings. The van der Waals surface area contributed by atoms with Crippen LogP contribution in [0.5, 0.6) is 0 Å². The van der Waals surface area contributed by atoms with Crippen LogP contribution in [0.4, 0.5) is 0 Å². The van der Waals surface area contributed by atoms with Gasteiger partial charge in [0, 0.05) is 5.56 Å². The molecule has 0 saturated carbocycles. The molecule has 64 valence electrons. The van der Waals surface area contributed by atoms with E-state index in [1.54, 1.807) is 6.07 Å². The molecule has 1 atom stereocenters. The molecule has 0 N–H and O–H groups in total. The van der Waals surface area contributed by atoms with Crippen LogP contribution in [0.15, 0.2) is 12.1 Å². The number of hydrogen-bond acceptors (Lipinski definition) is 1. The second-order valence-corrected chi connectivity index (χ2v) is 3.75. The minimum Gasteiger partial charge on any atom is -0.368 e. The molecule has 1 fully saturated rings. The fourth-order valence-electron chi connectivity index (χ4n) is 1.02. The van der Waals surface area contributed by atoms with Crippen LogP contribution < -0.4 is 0 Å². The Labute approximate surface area is 85.2 Å². The van der Waals surface area contributed by atoms with Crippen LogP contribution in [0.3, 0.4) is 0 Å². The summed E-state index contributed by atoms with van der Waals surface area (Å²) in [6.07, 6.45) is 0.118. The molecule has 0 spiro atoms. The fourth-order valence-corrected chi connectivity index (χ4v) is 1.68. The third-order valence-electron chi connectivity index (χ3n) is 1.75. The van der Waals surface area contributed by atoms with Gasteiger partial charge in [0.25, 0.3) is 0 Å². The van der Waals surface area contributed by atoms with Gasteiger partial charge in [-0.1, -0.05) is 40.9 Å². The van der Waals surface area contributed by atoms with E-state index in [4.69, 9.17) is 39.5 Å². The summed E-state index contributed by atoms with van der Waals surface area (Å²) in [5.41, 5.74) is 0.922. The Kier molecular flexibility index (Phi) is 2.21. The van der Waals surface area contributed by atoms with Crippen molar-refractivity contribution in [2.24, 2.45) is 0 Å². The van der Waals surface area contributed by atoms with Gasteiger partial charge in [0.15, 0.2) is 0 Å². The van der Waals surface area contributed by atoms with Crippen molar-refractivity contribution in [1.29, 1.82) is 0 Å². The normalized spacial score (nSPS) is 21.1. The first kappa shape index (κ1) is 8.64. The van der Waals surface area contributed by atoms with Crippen molar-refractivity contribution in [1.82, 2.24) is 0 Å². The summed E-state index contributed by atoms with van der Waals surface area (Å²) in [5.74, 6) is 0. The van der Waals surface area contributed by atoms with Gasteiger partial charge in [0.1, 0.15) is 6.10 Å². The number of hydrogen-bond donors (Lipinski definition) is 0. The van der Waals surface area contributed by atoms with Gasteiger partial charge in [-0.25, -0.2) is 0 Å². The topological polar surface area (TPSA) is 12.5 Å². The molecule has 0 radical (unpaired) electrons. The molecule has 4 heteroatoms. The van der Waals surface area contributed by atoms with E-state index < -0.39 is 0 Å². The van der Waals surface area contributed by atoms with E-state index in [1.165, 1.54) is 0 Å². The van der Waals surface area contributed by atoms with Crippen LogP contribution in [0.25, 0.3) is 0 Å². The molecule has 1 nitrogen and oxygen atoms in total. The van der Waals surface area contributed by atoms with Crippen molar-refractivity contribution in [3.05, 3.63) is 32.8 Å². The number of benzene rings is 1. The molecule has 0 amide bonds. The number of epoxide rings is 1. The van der Waals surface area contributed by atoms with E-state index in [9.17, 15) is 0 Å². The molecule has 1 aliphatic heterocycles. The molecule has 1 aromatic rings. The number of ether oxygens (including phenoxy) is 1. The Morgan fingerprint density at radius 3 is 2.42 bits per heavy atom. The third kappa shape index (κ3) is 1.42. The number of rotatable bonds is 1. The molecular formula is C8H5Cl3O. The maximum absolute atomic E-state index is 5.94. The van der Waals surface area contributed by atoms with E-state index >= 15 is 0 Å². The standard InChI is InChI=1S/C8H5Cl3O/c9-5-2-1-4(6-3-12-6)7(10)8(5)11/h1-2,6H,3H2. The zero-order chi connectivity index (χ0) is 8.72. The summed E-state index contributed by atoms with van der Waals surface area (Å²) in [6, 6.07) is 3.57. The van der Waals surface area contributed by atoms with Crippen LogP contribution in [0, 0.1) is 0 Å². The highest BCUT2D eigenvalue weighted by Gasteiger charge is 2.28.